The SMILES string of the molecule is COc1ccc(-c2noc(CCC(=O)NCCNC(=O)c3ccccc3F)n2)cc1. The van der Waals surface area contributed by atoms with Crippen molar-refractivity contribution in [3.05, 3.63) is 65.8 Å². The number of amides is 2. The number of carbonyl (C=O) groups is 2. The minimum atomic E-state index is -0.590. The van der Waals surface area contributed by atoms with Gasteiger partial charge in [-0.05, 0) is 36.4 Å². The highest BCUT2D eigenvalue weighted by Crippen LogP contribution is 2.19. The first-order valence-electron chi connectivity index (χ1n) is 9.33. The van der Waals surface area contributed by atoms with Gasteiger partial charge in [0, 0.05) is 31.5 Å². The molecule has 30 heavy (non-hydrogen) atoms. The zero-order valence-electron chi connectivity index (χ0n) is 16.4. The van der Waals surface area contributed by atoms with E-state index in [9.17, 15) is 14.0 Å². The van der Waals surface area contributed by atoms with Crippen LogP contribution < -0.4 is 15.4 Å². The van der Waals surface area contributed by atoms with Crippen molar-refractivity contribution in [2.45, 2.75) is 12.8 Å². The van der Waals surface area contributed by atoms with Crippen LogP contribution in [0.1, 0.15) is 22.7 Å². The monoisotopic (exact) mass is 412 g/mol. The van der Waals surface area contributed by atoms with Gasteiger partial charge in [0.05, 0.1) is 12.7 Å². The number of nitrogens with one attached hydrogen (secondary N) is 2. The zero-order chi connectivity index (χ0) is 21.3. The number of hydrogen-bond donors (Lipinski definition) is 2. The average molecular weight is 412 g/mol. The van der Waals surface area contributed by atoms with Crippen molar-refractivity contribution in [3.8, 4) is 17.1 Å². The van der Waals surface area contributed by atoms with Gasteiger partial charge in [0.25, 0.3) is 5.91 Å². The van der Waals surface area contributed by atoms with E-state index in [1.807, 2.05) is 12.1 Å². The van der Waals surface area contributed by atoms with Crippen molar-refractivity contribution < 1.29 is 23.2 Å². The second-order valence-corrected chi connectivity index (χ2v) is 6.33. The van der Waals surface area contributed by atoms with Crippen molar-refractivity contribution in [1.29, 1.82) is 0 Å². The maximum Gasteiger partial charge on any atom is 0.254 e. The Bertz CT molecular complexity index is 1000. The molecule has 1 aromatic heterocycles. The third-order valence-electron chi connectivity index (χ3n) is 4.23. The lowest BCUT2D eigenvalue weighted by Crippen LogP contribution is -2.35. The molecule has 3 rings (SSSR count). The molecule has 2 aromatic carbocycles. The molecule has 0 fully saturated rings. The molecule has 0 bridgehead atoms. The van der Waals surface area contributed by atoms with E-state index in [4.69, 9.17) is 9.26 Å². The minimum absolute atomic E-state index is 0.0344. The van der Waals surface area contributed by atoms with Gasteiger partial charge in [-0.25, -0.2) is 4.39 Å². The minimum Gasteiger partial charge on any atom is -0.497 e. The summed E-state index contributed by atoms with van der Waals surface area (Å²) in [5, 5.41) is 9.14. The number of benzene rings is 2. The van der Waals surface area contributed by atoms with Crippen LogP contribution in [0.5, 0.6) is 5.75 Å². The van der Waals surface area contributed by atoms with E-state index in [-0.39, 0.29) is 37.4 Å². The predicted octanol–water partition coefficient (Wildman–Crippen LogP) is 2.36. The molecule has 0 spiro atoms. The van der Waals surface area contributed by atoms with Crippen LogP contribution in [0.4, 0.5) is 4.39 Å². The van der Waals surface area contributed by atoms with Crippen molar-refractivity contribution in [3.63, 3.8) is 0 Å². The number of halogens is 1. The Balaban J connectivity index is 1.38. The molecule has 0 aliphatic carbocycles. The molecule has 9 heteroatoms. The van der Waals surface area contributed by atoms with Gasteiger partial charge in [0.15, 0.2) is 0 Å². The third-order valence-corrected chi connectivity index (χ3v) is 4.23. The summed E-state index contributed by atoms with van der Waals surface area (Å²) in [6.07, 6.45) is 0.447. The zero-order valence-corrected chi connectivity index (χ0v) is 16.4. The number of nitrogens with zero attached hydrogens (tertiary/aromatic N) is 2. The van der Waals surface area contributed by atoms with Gasteiger partial charge in [-0.2, -0.15) is 4.98 Å². The Hall–Kier alpha value is -3.75. The summed E-state index contributed by atoms with van der Waals surface area (Å²) in [6.45, 7) is 0.404. The summed E-state index contributed by atoms with van der Waals surface area (Å²) >= 11 is 0. The first-order valence-corrected chi connectivity index (χ1v) is 9.33. The maximum absolute atomic E-state index is 13.5. The molecule has 0 saturated carbocycles. The van der Waals surface area contributed by atoms with Gasteiger partial charge in [0.2, 0.25) is 17.6 Å². The third kappa shape index (κ3) is 5.63. The first-order chi connectivity index (χ1) is 14.6. The number of hydrogen-bond acceptors (Lipinski definition) is 6. The lowest BCUT2D eigenvalue weighted by Gasteiger charge is -2.07. The quantitative estimate of drug-likeness (QED) is 0.523. The molecule has 2 N–H and O–H groups in total. The van der Waals surface area contributed by atoms with Crippen LogP contribution in [0.3, 0.4) is 0 Å². The van der Waals surface area contributed by atoms with E-state index in [2.05, 4.69) is 20.8 Å². The predicted molar refractivity (Wildman–Crippen MR) is 106 cm³/mol. The second-order valence-electron chi connectivity index (χ2n) is 6.33. The molecule has 0 unspecified atom stereocenters. The highest BCUT2D eigenvalue weighted by atomic mass is 19.1. The van der Waals surface area contributed by atoms with Gasteiger partial charge < -0.3 is 19.9 Å². The summed E-state index contributed by atoms with van der Waals surface area (Å²) in [7, 11) is 1.59. The van der Waals surface area contributed by atoms with E-state index < -0.39 is 11.7 Å². The van der Waals surface area contributed by atoms with Gasteiger partial charge in [-0.3, -0.25) is 9.59 Å². The molecule has 0 aliphatic heterocycles. The Labute approximate surface area is 172 Å². The summed E-state index contributed by atoms with van der Waals surface area (Å²) < 4.78 is 23.8. The van der Waals surface area contributed by atoms with Gasteiger partial charge in [0.1, 0.15) is 11.6 Å². The fourth-order valence-electron chi connectivity index (χ4n) is 2.64. The van der Waals surface area contributed by atoms with Crippen LogP contribution in [0, 0.1) is 5.82 Å². The second kappa shape index (κ2) is 10.1. The first kappa shape index (κ1) is 21.0. The number of ether oxygens (including phenoxy) is 1. The van der Waals surface area contributed by atoms with Crippen molar-refractivity contribution in [1.82, 2.24) is 20.8 Å². The molecule has 0 saturated heterocycles. The van der Waals surface area contributed by atoms with E-state index >= 15 is 0 Å². The highest BCUT2D eigenvalue weighted by molar-refractivity contribution is 5.94. The number of rotatable bonds is 9. The number of aromatic nitrogens is 2. The Kier molecular flexibility index (Phi) is 7.09. The Morgan fingerprint density at radius 2 is 1.80 bits per heavy atom. The van der Waals surface area contributed by atoms with Crippen LogP contribution in [0.25, 0.3) is 11.4 Å². The molecule has 156 valence electrons. The maximum atomic E-state index is 13.5. The number of aryl methyl sites for hydroxylation is 1. The Morgan fingerprint density at radius 3 is 2.53 bits per heavy atom. The lowest BCUT2D eigenvalue weighted by molar-refractivity contribution is -0.121. The van der Waals surface area contributed by atoms with Crippen LogP contribution in [0.2, 0.25) is 0 Å². The van der Waals surface area contributed by atoms with Crippen LogP contribution in [-0.4, -0.2) is 42.2 Å². The average Bonchev–Trinajstić information content (AvgIpc) is 3.24. The lowest BCUT2D eigenvalue weighted by atomic mass is 10.2. The molecular formula is C21H21FN4O4. The number of methoxy groups -OCH3 is 1. The molecule has 3 aromatic rings. The molecule has 8 nitrogen and oxygen atoms in total. The van der Waals surface area contributed by atoms with Gasteiger partial charge >= 0.3 is 0 Å². The summed E-state index contributed by atoms with van der Waals surface area (Å²) in [5.41, 5.74) is 0.744. The molecule has 0 aliphatic rings. The fourth-order valence-corrected chi connectivity index (χ4v) is 2.64. The summed E-state index contributed by atoms with van der Waals surface area (Å²) in [5.74, 6) is 0.170. The van der Waals surface area contributed by atoms with E-state index in [1.165, 1.54) is 18.2 Å². The summed E-state index contributed by atoms with van der Waals surface area (Å²) in [6, 6.07) is 12.9. The standard InChI is InChI=1S/C21H21FN4O4/c1-29-15-8-6-14(7-9-15)20-25-19(30-26-20)11-10-18(27)23-12-13-24-21(28)16-4-2-3-5-17(16)22/h2-9H,10-13H2,1H3,(H,23,27)(H,24,28). The molecule has 0 atom stereocenters. The van der Waals surface area contributed by atoms with Crippen LogP contribution in [-0.2, 0) is 11.2 Å². The molecular weight excluding hydrogens is 391 g/mol. The smallest absolute Gasteiger partial charge is 0.254 e. The van der Waals surface area contributed by atoms with Gasteiger partial charge in [-0.15, -0.1) is 0 Å². The number of carbonyl (C=O) groups excluding carboxylic acids is 2. The molecule has 1 heterocycles. The van der Waals surface area contributed by atoms with Crippen LogP contribution in [0.15, 0.2) is 53.1 Å². The Morgan fingerprint density at radius 1 is 1.07 bits per heavy atom. The van der Waals surface area contributed by atoms with Gasteiger partial charge in [-0.1, -0.05) is 17.3 Å². The van der Waals surface area contributed by atoms with Crippen LogP contribution >= 0.6 is 0 Å². The van der Waals surface area contributed by atoms with Crippen molar-refractivity contribution >= 4 is 11.8 Å². The fraction of sp³-hybridized carbons (Fsp3) is 0.238. The van der Waals surface area contributed by atoms with E-state index in [0.29, 0.717) is 11.7 Å². The van der Waals surface area contributed by atoms with E-state index in [0.717, 1.165) is 11.3 Å². The largest absolute Gasteiger partial charge is 0.497 e. The molecule has 2 amide bonds. The van der Waals surface area contributed by atoms with E-state index in [1.54, 1.807) is 25.3 Å². The van der Waals surface area contributed by atoms with Crippen molar-refractivity contribution in [2.24, 2.45) is 0 Å². The molecule has 0 radical (unpaired) electrons. The normalized spacial score (nSPS) is 10.5. The van der Waals surface area contributed by atoms with Crippen molar-refractivity contribution in [2.75, 3.05) is 20.2 Å². The topological polar surface area (TPSA) is 106 Å². The summed E-state index contributed by atoms with van der Waals surface area (Å²) in [4.78, 5) is 28.1. The highest BCUT2D eigenvalue weighted by Gasteiger charge is 2.12.